The average molecular weight is 266 g/mol. The number of amides is 1. The van der Waals surface area contributed by atoms with Crippen LogP contribution in [0.4, 0.5) is 17.2 Å². The van der Waals surface area contributed by atoms with Gasteiger partial charge < -0.3 is 15.6 Å². The maximum atomic E-state index is 11.3. The number of nitrogens with zero attached hydrogens (tertiary/aromatic N) is 3. The topological polar surface area (TPSA) is 95.6 Å². The van der Waals surface area contributed by atoms with Gasteiger partial charge in [0.15, 0.2) is 11.5 Å². The van der Waals surface area contributed by atoms with Crippen molar-refractivity contribution in [3.63, 3.8) is 0 Å². The third-order valence-electron chi connectivity index (χ3n) is 3.22. The van der Waals surface area contributed by atoms with Crippen LogP contribution in [0, 0.1) is 0 Å². The van der Waals surface area contributed by atoms with Crippen LogP contribution in [-0.4, -0.2) is 25.8 Å². The number of hydrogen-bond donors (Lipinski definition) is 3. The number of carbonyl (C=O) groups excluding carboxylic acids is 1. The number of carbonyl (C=O) groups is 1. The first-order valence-electron chi connectivity index (χ1n) is 6.13. The number of aromatic amines is 1. The van der Waals surface area contributed by atoms with Crippen LogP contribution >= 0.6 is 0 Å². The van der Waals surface area contributed by atoms with E-state index < -0.39 is 0 Å². The SMILES string of the molecule is O=C1Cc2cc(Nc3ncnc4nc[nH]c34)ccc2N1. The number of anilines is 3. The summed E-state index contributed by atoms with van der Waals surface area (Å²) >= 11 is 0. The Hall–Kier alpha value is -2.96. The lowest BCUT2D eigenvalue weighted by atomic mass is 10.1. The van der Waals surface area contributed by atoms with Crippen molar-refractivity contribution in [3.8, 4) is 0 Å². The molecule has 98 valence electrons. The molecule has 7 heteroatoms. The Labute approximate surface area is 113 Å². The largest absolute Gasteiger partial charge is 0.340 e. The maximum Gasteiger partial charge on any atom is 0.228 e. The molecule has 4 rings (SSSR count). The van der Waals surface area contributed by atoms with Gasteiger partial charge in [-0.2, -0.15) is 0 Å². The first-order valence-corrected chi connectivity index (χ1v) is 6.13. The van der Waals surface area contributed by atoms with Crippen molar-refractivity contribution in [2.75, 3.05) is 10.6 Å². The van der Waals surface area contributed by atoms with Gasteiger partial charge in [0.1, 0.15) is 11.8 Å². The molecule has 0 bridgehead atoms. The van der Waals surface area contributed by atoms with Crippen LogP contribution in [0.2, 0.25) is 0 Å². The molecule has 1 aliphatic rings. The summed E-state index contributed by atoms with van der Waals surface area (Å²) in [5.74, 6) is 0.680. The maximum absolute atomic E-state index is 11.3. The zero-order valence-corrected chi connectivity index (χ0v) is 10.3. The van der Waals surface area contributed by atoms with Gasteiger partial charge in [0.25, 0.3) is 0 Å². The molecule has 0 radical (unpaired) electrons. The second-order valence-corrected chi connectivity index (χ2v) is 4.55. The van der Waals surface area contributed by atoms with E-state index in [-0.39, 0.29) is 5.91 Å². The smallest absolute Gasteiger partial charge is 0.228 e. The molecule has 1 aromatic carbocycles. The average Bonchev–Trinajstić information content (AvgIpc) is 3.03. The minimum absolute atomic E-state index is 0.0233. The monoisotopic (exact) mass is 266 g/mol. The van der Waals surface area contributed by atoms with Gasteiger partial charge >= 0.3 is 0 Å². The molecule has 0 atom stereocenters. The number of fused-ring (bicyclic) bond motifs is 2. The molecule has 0 unspecified atom stereocenters. The van der Waals surface area contributed by atoms with Gasteiger partial charge in [0.05, 0.1) is 12.7 Å². The summed E-state index contributed by atoms with van der Waals surface area (Å²) in [6, 6.07) is 5.72. The fraction of sp³-hybridized carbons (Fsp3) is 0.0769. The van der Waals surface area contributed by atoms with Gasteiger partial charge in [0, 0.05) is 11.4 Å². The van der Waals surface area contributed by atoms with E-state index in [1.807, 2.05) is 18.2 Å². The fourth-order valence-electron chi connectivity index (χ4n) is 2.30. The molecule has 20 heavy (non-hydrogen) atoms. The molecule has 0 spiro atoms. The summed E-state index contributed by atoms with van der Waals surface area (Å²) in [6.45, 7) is 0. The first-order chi connectivity index (χ1) is 9.79. The molecule has 1 amide bonds. The van der Waals surface area contributed by atoms with E-state index in [1.54, 1.807) is 6.33 Å². The van der Waals surface area contributed by atoms with Crippen LogP contribution in [-0.2, 0) is 11.2 Å². The number of nitrogens with one attached hydrogen (secondary N) is 3. The fourth-order valence-corrected chi connectivity index (χ4v) is 2.30. The Morgan fingerprint density at radius 2 is 2.15 bits per heavy atom. The second-order valence-electron chi connectivity index (χ2n) is 4.55. The van der Waals surface area contributed by atoms with Crippen LogP contribution in [0.25, 0.3) is 11.2 Å². The summed E-state index contributed by atoms with van der Waals surface area (Å²) in [5.41, 5.74) is 4.09. The predicted molar refractivity (Wildman–Crippen MR) is 73.7 cm³/mol. The summed E-state index contributed by atoms with van der Waals surface area (Å²) in [6.07, 6.45) is 3.45. The summed E-state index contributed by atoms with van der Waals surface area (Å²) in [5, 5.41) is 6.02. The molecule has 2 aromatic heterocycles. The lowest BCUT2D eigenvalue weighted by Crippen LogP contribution is -2.03. The van der Waals surface area contributed by atoms with Gasteiger partial charge in [0.2, 0.25) is 5.91 Å². The molecular formula is C13H10N6O. The third-order valence-corrected chi connectivity index (χ3v) is 3.22. The van der Waals surface area contributed by atoms with Crippen molar-refractivity contribution in [2.24, 2.45) is 0 Å². The first kappa shape index (κ1) is 10.9. The second kappa shape index (κ2) is 4.02. The summed E-state index contributed by atoms with van der Waals surface area (Å²) in [7, 11) is 0. The molecule has 0 saturated heterocycles. The van der Waals surface area contributed by atoms with Crippen LogP contribution in [0.15, 0.2) is 30.9 Å². The highest BCUT2D eigenvalue weighted by Gasteiger charge is 2.17. The van der Waals surface area contributed by atoms with E-state index in [9.17, 15) is 4.79 Å². The Kier molecular flexibility index (Phi) is 2.19. The highest BCUT2D eigenvalue weighted by Crippen LogP contribution is 2.28. The zero-order valence-electron chi connectivity index (χ0n) is 10.3. The van der Waals surface area contributed by atoms with E-state index >= 15 is 0 Å². The molecule has 0 aliphatic carbocycles. The number of benzene rings is 1. The molecule has 7 nitrogen and oxygen atoms in total. The van der Waals surface area contributed by atoms with Crippen molar-refractivity contribution in [1.29, 1.82) is 0 Å². The highest BCUT2D eigenvalue weighted by molar-refractivity contribution is 5.99. The van der Waals surface area contributed by atoms with Crippen molar-refractivity contribution in [1.82, 2.24) is 19.9 Å². The molecular weight excluding hydrogens is 256 g/mol. The molecule has 3 aromatic rings. The van der Waals surface area contributed by atoms with Gasteiger partial charge in [-0.25, -0.2) is 15.0 Å². The van der Waals surface area contributed by atoms with E-state index in [0.29, 0.717) is 17.9 Å². The van der Waals surface area contributed by atoms with Crippen molar-refractivity contribution >= 4 is 34.3 Å². The molecule has 0 fully saturated rings. The van der Waals surface area contributed by atoms with Crippen LogP contribution < -0.4 is 10.6 Å². The quantitative estimate of drug-likeness (QED) is 0.654. The van der Waals surface area contributed by atoms with Crippen molar-refractivity contribution in [2.45, 2.75) is 6.42 Å². The third kappa shape index (κ3) is 1.68. The zero-order chi connectivity index (χ0) is 13.5. The van der Waals surface area contributed by atoms with Crippen molar-refractivity contribution in [3.05, 3.63) is 36.4 Å². The van der Waals surface area contributed by atoms with Crippen LogP contribution in [0.3, 0.4) is 0 Å². The molecule has 3 heterocycles. The Bertz CT molecular complexity index is 825. The van der Waals surface area contributed by atoms with Gasteiger partial charge in [-0.15, -0.1) is 0 Å². The van der Waals surface area contributed by atoms with E-state index in [2.05, 4.69) is 30.6 Å². The molecule has 3 N–H and O–H groups in total. The van der Waals surface area contributed by atoms with Crippen molar-refractivity contribution < 1.29 is 4.79 Å². The van der Waals surface area contributed by atoms with E-state index in [1.165, 1.54) is 6.33 Å². The Balaban J connectivity index is 1.71. The highest BCUT2D eigenvalue weighted by atomic mass is 16.1. The summed E-state index contributed by atoms with van der Waals surface area (Å²) < 4.78 is 0. The normalized spacial score (nSPS) is 13.3. The minimum Gasteiger partial charge on any atom is -0.340 e. The number of rotatable bonds is 2. The Morgan fingerprint density at radius 1 is 1.20 bits per heavy atom. The van der Waals surface area contributed by atoms with Gasteiger partial charge in [-0.05, 0) is 23.8 Å². The number of aromatic nitrogens is 4. The molecule has 0 saturated carbocycles. The van der Waals surface area contributed by atoms with Crippen LogP contribution in [0.5, 0.6) is 0 Å². The van der Waals surface area contributed by atoms with Gasteiger partial charge in [-0.1, -0.05) is 0 Å². The standard InChI is InChI=1S/C13H10N6O/c20-10-4-7-3-8(1-2-9(7)19-10)18-13-11-12(15-5-14-11)16-6-17-13/h1-3,5-6H,4H2,(H,19,20)(H2,14,15,16,17,18). The predicted octanol–water partition coefficient (Wildman–Crippen LogP) is 1.59. The van der Waals surface area contributed by atoms with E-state index in [4.69, 9.17) is 0 Å². The minimum atomic E-state index is 0.0233. The number of imidazole rings is 1. The lowest BCUT2D eigenvalue weighted by molar-refractivity contribution is -0.115. The summed E-state index contributed by atoms with van der Waals surface area (Å²) in [4.78, 5) is 26.7. The van der Waals surface area contributed by atoms with Gasteiger partial charge in [-0.3, -0.25) is 4.79 Å². The van der Waals surface area contributed by atoms with E-state index in [0.717, 1.165) is 22.5 Å². The van der Waals surface area contributed by atoms with Crippen LogP contribution in [0.1, 0.15) is 5.56 Å². The number of H-pyrrole nitrogens is 1. The number of hydrogen-bond acceptors (Lipinski definition) is 5. The molecule has 1 aliphatic heterocycles. The lowest BCUT2D eigenvalue weighted by Gasteiger charge is -2.07. The Morgan fingerprint density at radius 3 is 3.10 bits per heavy atom.